The largest absolute Gasteiger partial charge is 0.495 e. The molecule has 24 heavy (non-hydrogen) atoms. The van der Waals surface area contributed by atoms with Gasteiger partial charge in [0.05, 0.1) is 35.7 Å². The second-order valence-corrected chi connectivity index (χ2v) is 4.96. The lowest BCUT2D eigenvalue weighted by Crippen LogP contribution is -2.21. The fourth-order valence-electron chi connectivity index (χ4n) is 2.21. The molecule has 0 aliphatic heterocycles. The average Bonchev–Trinajstić information content (AvgIpc) is 3.07. The fraction of sp³-hybridized carbons (Fsp3) is 0.118. The number of hydrogen-bond acceptors (Lipinski definition) is 5. The molecule has 3 aromatic rings. The standard InChI is InChI=1S/C17H15N3O4/c1-23-15-5-3-2-4-13(15)20-16(21)9-24-17(22)11-6-7-12-14(8-11)19-10-18-12/h2-8,10H,9H2,1H3,(H,18,19)(H,20,21). The van der Waals surface area contributed by atoms with Crippen LogP contribution < -0.4 is 10.1 Å². The van der Waals surface area contributed by atoms with Crippen LogP contribution >= 0.6 is 0 Å². The lowest BCUT2D eigenvalue weighted by atomic mass is 10.2. The van der Waals surface area contributed by atoms with E-state index in [0.29, 0.717) is 17.0 Å². The highest BCUT2D eigenvalue weighted by Gasteiger charge is 2.12. The zero-order valence-electron chi connectivity index (χ0n) is 12.9. The van der Waals surface area contributed by atoms with Gasteiger partial charge in [-0.05, 0) is 30.3 Å². The number of para-hydroxylation sites is 2. The van der Waals surface area contributed by atoms with Crippen LogP contribution in [0.3, 0.4) is 0 Å². The third kappa shape index (κ3) is 3.35. The van der Waals surface area contributed by atoms with Gasteiger partial charge in [-0.1, -0.05) is 12.1 Å². The minimum atomic E-state index is -0.582. The molecule has 0 saturated carbocycles. The van der Waals surface area contributed by atoms with Crippen molar-refractivity contribution in [3.05, 3.63) is 54.4 Å². The van der Waals surface area contributed by atoms with Crippen molar-refractivity contribution < 1.29 is 19.1 Å². The van der Waals surface area contributed by atoms with Crippen molar-refractivity contribution >= 4 is 28.6 Å². The number of esters is 1. The first-order chi connectivity index (χ1) is 11.7. The van der Waals surface area contributed by atoms with Crippen molar-refractivity contribution in [2.75, 3.05) is 19.0 Å². The summed E-state index contributed by atoms with van der Waals surface area (Å²) in [5.41, 5.74) is 2.33. The summed E-state index contributed by atoms with van der Waals surface area (Å²) in [5, 5.41) is 2.64. The summed E-state index contributed by atoms with van der Waals surface area (Å²) in [5.74, 6) is -0.501. The molecule has 0 saturated heterocycles. The van der Waals surface area contributed by atoms with Gasteiger partial charge in [0.25, 0.3) is 5.91 Å². The highest BCUT2D eigenvalue weighted by atomic mass is 16.5. The number of methoxy groups -OCH3 is 1. The Morgan fingerprint density at radius 3 is 2.88 bits per heavy atom. The molecule has 0 aliphatic carbocycles. The Kier molecular flexibility index (Phi) is 4.42. The lowest BCUT2D eigenvalue weighted by Gasteiger charge is -2.10. The summed E-state index contributed by atoms with van der Waals surface area (Å²) >= 11 is 0. The van der Waals surface area contributed by atoms with Crippen LogP contribution in [0.5, 0.6) is 5.75 Å². The number of imidazole rings is 1. The maximum absolute atomic E-state index is 12.0. The maximum atomic E-state index is 12.0. The van der Waals surface area contributed by atoms with Crippen LogP contribution in [-0.2, 0) is 9.53 Å². The summed E-state index contributed by atoms with van der Waals surface area (Å²) in [6.45, 7) is -0.391. The van der Waals surface area contributed by atoms with E-state index in [2.05, 4.69) is 15.3 Å². The van der Waals surface area contributed by atoms with Crippen LogP contribution in [-0.4, -0.2) is 35.6 Å². The molecule has 1 aromatic heterocycles. The number of ether oxygens (including phenoxy) is 2. The molecule has 1 heterocycles. The molecule has 2 N–H and O–H groups in total. The van der Waals surface area contributed by atoms with Gasteiger partial charge in [-0.15, -0.1) is 0 Å². The Morgan fingerprint density at radius 2 is 2.04 bits per heavy atom. The molecule has 0 bridgehead atoms. The molecule has 0 fully saturated rings. The molecule has 0 unspecified atom stereocenters. The second kappa shape index (κ2) is 6.82. The van der Waals surface area contributed by atoms with Gasteiger partial charge in [0, 0.05) is 0 Å². The molecule has 0 atom stereocenters. The van der Waals surface area contributed by atoms with Gasteiger partial charge in [0.2, 0.25) is 0 Å². The zero-order valence-corrected chi connectivity index (χ0v) is 12.9. The Morgan fingerprint density at radius 1 is 1.21 bits per heavy atom. The fourth-order valence-corrected chi connectivity index (χ4v) is 2.21. The van der Waals surface area contributed by atoms with Gasteiger partial charge in [0.15, 0.2) is 6.61 Å². The van der Waals surface area contributed by atoms with Gasteiger partial charge in [0.1, 0.15) is 5.75 Å². The zero-order chi connectivity index (χ0) is 16.9. The second-order valence-electron chi connectivity index (χ2n) is 4.96. The highest BCUT2D eigenvalue weighted by Crippen LogP contribution is 2.22. The number of aromatic amines is 1. The molecule has 0 radical (unpaired) electrons. The minimum absolute atomic E-state index is 0.344. The average molecular weight is 325 g/mol. The quantitative estimate of drug-likeness (QED) is 0.702. The first-order valence-corrected chi connectivity index (χ1v) is 7.20. The van der Waals surface area contributed by atoms with Gasteiger partial charge < -0.3 is 19.8 Å². The van der Waals surface area contributed by atoms with E-state index in [-0.39, 0.29) is 0 Å². The van der Waals surface area contributed by atoms with Crippen molar-refractivity contribution in [2.45, 2.75) is 0 Å². The number of amides is 1. The number of nitrogens with one attached hydrogen (secondary N) is 2. The normalized spacial score (nSPS) is 10.4. The van der Waals surface area contributed by atoms with Crippen molar-refractivity contribution in [2.24, 2.45) is 0 Å². The molecular formula is C17H15N3O4. The predicted octanol–water partition coefficient (Wildman–Crippen LogP) is 2.37. The molecule has 1 amide bonds. The summed E-state index contributed by atoms with van der Waals surface area (Å²) in [4.78, 5) is 30.9. The third-order valence-electron chi connectivity index (χ3n) is 3.37. The van der Waals surface area contributed by atoms with Crippen LogP contribution in [0.15, 0.2) is 48.8 Å². The van der Waals surface area contributed by atoms with E-state index in [1.165, 1.54) is 7.11 Å². The highest BCUT2D eigenvalue weighted by molar-refractivity contribution is 5.97. The topological polar surface area (TPSA) is 93.3 Å². The number of hydrogen-bond donors (Lipinski definition) is 2. The number of H-pyrrole nitrogens is 1. The maximum Gasteiger partial charge on any atom is 0.338 e. The molecule has 122 valence electrons. The lowest BCUT2D eigenvalue weighted by molar-refractivity contribution is -0.119. The van der Waals surface area contributed by atoms with E-state index in [4.69, 9.17) is 9.47 Å². The van der Waals surface area contributed by atoms with Crippen LogP contribution in [0.1, 0.15) is 10.4 Å². The van der Waals surface area contributed by atoms with E-state index in [0.717, 1.165) is 11.0 Å². The number of benzene rings is 2. The van der Waals surface area contributed by atoms with Gasteiger partial charge in [-0.3, -0.25) is 4.79 Å². The molecule has 2 aromatic carbocycles. The van der Waals surface area contributed by atoms with Gasteiger partial charge in [-0.25, -0.2) is 9.78 Å². The van der Waals surface area contributed by atoms with E-state index >= 15 is 0 Å². The van der Waals surface area contributed by atoms with E-state index in [9.17, 15) is 9.59 Å². The molecule has 7 nitrogen and oxygen atoms in total. The molecule has 0 spiro atoms. The number of aromatic nitrogens is 2. The third-order valence-corrected chi connectivity index (χ3v) is 3.37. The molecular weight excluding hydrogens is 310 g/mol. The monoisotopic (exact) mass is 325 g/mol. The number of fused-ring (bicyclic) bond motifs is 1. The predicted molar refractivity (Wildman–Crippen MR) is 88.0 cm³/mol. The Balaban J connectivity index is 1.60. The Labute approximate surface area is 137 Å². The summed E-state index contributed by atoms with van der Waals surface area (Å²) in [6.07, 6.45) is 1.54. The molecule has 7 heteroatoms. The summed E-state index contributed by atoms with van der Waals surface area (Å²) in [7, 11) is 1.51. The molecule has 3 rings (SSSR count). The van der Waals surface area contributed by atoms with Crippen molar-refractivity contribution in [1.29, 1.82) is 0 Å². The summed E-state index contributed by atoms with van der Waals surface area (Å²) in [6, 6.07) is 11.9. The Hall–Kier alpha value is -3.35. The van der Waals surface area contributed by atoms with Crippen LogP contribution in [0, 0.1) is 0 Å². The first kappa shape index (κ1) is 15.5. The SMILES string of the molecule is COc1ccccc1NC(=O)COC(=O)c1ccc2nc[nH]c2c1. The van der Waals surface area contributed by atoms with Crippen molar-refractivity contribution in [1.82, 2.24) is 9.97 Å². The number of carbonyl (C=O) groups excluding carboxylic acids is 2. The van der Waals surface area contributed by atoms with Crippen LogP contribution in [0.4, 0.5) is 5.69 Å². The first-order valence-electron chi connectivity index (χ1n) is 7.20. The van der Waals surface area contributed by atoms with E-state index in [1.54, 1.807) is 48.8 Å². The summed E-state index contributed by atoms with van der Waals surface area (Å²) < 4.78 is 10.2. The van der Waals surface area contributed by atoms with Crippen molar-refractivity contribution in [3.63, 3.8) is 0 Å². The Bertz CT molecular complexity index is 888. The smallest absolute Gasteiger partial charge is 0.338 e. The van der Waals surface area contributed by atoms with E-state index in [1.807, 2.05) is 0 Å². The van der Waals surface area contributed by atoms with Gasteiger partial charge in [-0.2, -0.15) is 0 Å². The van der Waals surface area contributed by atoms with Crippen LogP contribution in [0.2, 0.25) is 0 Å². The van der Waals surface area contributed by atoms with E-state index < -0.39 is 18.5 Å². The number of anilines is 1. The number of rotatable bonds is 5. The van der Waals surface area contributed by atoms with Crippen molar-refractivity contribution in [3.8, 4) is 5.75 Å². The van der Waals surface area contributed by atoms with Crippen LogP contribution in [0.25, 0.3) is 11.0 Å². The number of carbonyl (C=O) groups is 2. The number of nitrogens with zero attached hydrogens (tertiary/aromatic N) is 1. The van der Waals surface area contributed by atoms with Gasteiger partial charge >= 0.3 is 5.97 Å². The molecule has 0 aliphatic rings. The minimum Gasteiger partial charge on any atom is -0.495 e.